The van der Waals surface area contributed by atoms with Gasteiger partial charge in [-0.1, -0.05) is 0 Å². The van der Waals surface area contributed by atoms with Gasteiger partial charge >= 0.3 is 6.18 Å². The average Bonchev–Trinajstić information content (AvgIpc) is 2.91. The number of piperazine rings is 1. The van der Waals surface area contributed by atoms with Crippen LogP contribution in [0, 0.1) is 0 Å². The first-order chi connectivity index (χ1) is 9.97. The average molecular weight is 305 g/mol. The van der Waals surface area contributed by atoms with Crippen molar-refractivity contribution in [3.8, 4) is 0 Å². The zero-order chi connectivity index (χ0) is 15.3. The Bertz CT molecular complexity index is 442. The van der Waals surface area contributed by atoms with Crippen LogP contribution < -0.4 is 10.6 Å². The van der Waals surface area contributed by atoms with Gasteiger partial charge in [0.2, 0.25) is 5.91 Å². The Balaban J connectivity index is 1.88. The summed E-state index contributed by atoms with van der Waals surface area (Å²) in [6.07, 6.45) is -1.28. The number of hydrogen-bond donors (Lipinski definition) is 2. The van der Waals surface area contributed by atoms with Gasteiger partial charge in [0, 0.05) is 45.1 Å². The van der Waals surface area contributed by atoms with Crippen LogP contribution in [0.5, 0.6) is 0 Å². The van der Waals surface area contributed by atoms with Crippen LogP contribution in [-0.2, 0) is 11.3 Å². The smallest absolute Gasteiger partial charge is 0.353 e. The molecule has 0 aromatic carbocycles. The molecular formula is C12H18F3N5O. The molecule has 1 aliphatic heterocycles. The molecule has 21 heavy (non-hydrogen) atoms. The SMILES string of the molecule is O=C(Cn1cccn1)NCC(N1CCNCC1)C(F)(F)F. The van der Waals surface area contributed by atoms with Crippen molar-refractivity contribution in [3.63, 3.8) is 0 Å². The fourth-order valence-electron chi connectivity index (χ4n) is 2.25. The topological polar surface area (TPSA) is 62.2 Å². The highest BCUT2D eigenvalue weighted by atomic mass is 19.4. The maximum Gasteiger partial charge on any atom is 0.405 e. The van der Waals surface area contributed by atoms with Crippen LogP contribution in [0.2, 0.25) is 0 Å². The van der Waals surface area contributed by atoms with Crippen molar-refractivity contribution in [3.05, 3.63) is 18.5 Å². The van der Waals surface area contributed by atoms with Crippen molar-refractivity contribution in [2.75, 3.05) is 32.7 Å². The Morgan fingerprint density at radius 3 is 2.67 bits per heavy atom. The predicted molar refractivity (Wildman–Crippen MR) is 69.5 cm³/mol. The molecule has 0 bridgehead atoms. The van der Waals surface area contributed by atoms with Crippen LogP contribution in [0.3, 0.4) is 0 Å². The maximum absolute atomic E-state index is 13.1. The van der Waals surface area contributed by atoms with Crippen LogP contribution in [0.15, 0.2) is 18.5 Å². The number of aromatic nitrogens is 2. The van der Waals surface area contributed by atoms with Crippen molar-refractivity contribution < 1.29 is 18.0 Å². The van der Waals surface area contributed by atoms with Gasteiger partial charge in [-0.3, -0.25) is 14.4 Å². The number of alkyl halides is 3. The first-order valence-corrected chi connectivity index (χ1v) is 6.72. The molecule has 1 fully saturated rings. The lowest BCUT2D eigenvalue weighted by Gasteiger charge is -2.35. The monoisotopic (exact) mass is 305 g/mol. The Morgan fingerprint density at radius 2 is 2.10 bits per heavy atom. The number of carbonyl (C=O) groups excluding carboxylic acids is 1. The second-order valence-electron chi connectivity index (χ2n) is 4.85. The largest absolute Gasteiger partial charge is 0.405 e. The Morgan fingerprint density at radius 1 is 1.38 bits per heavy atom. The molecule has 1 unspecified atom stereocenters. The van der Waals surface area contributed by atoms with Gasteiger partial charge in [0.1, 0.15) is 12.6 Å². The summed E-state index contributed by atoms with van der Waals surface area (Å²) in [4.78, 5) is 13.0. The molecule has 6 nitrogen and oxygen atoms in total. The molecule has 0 saturated carbocycles. The van der Waals surface area contributed by atoms with Crippen LogP contribution >= 0.6 is 0 Å². The number of carbonyl (C=O) groups is 1. The van der Waals surface area contributed by atoms with Gasteiger partial charge in [0.05, 0.1) is 0 Å². The molecule has 118 valence electrons. The second-order valence-corrected chi connectivity index (χ2v) is 4.85. The third-order valence-corrected chi connectivity index (χ3v) is 3.33. The van der Waals surface area contributed by atoms with E-state index in [0.717, 1.165) is 0 Å². The zero-order valence-electron chi connectivity index (χ0n) is 11.4. The number of halogens is 3. The molecule has 1 aromatic heterocycles. The molecule has 1 saturated heterocycles. The second kappa shape index (κ2) is 6.90. The molecular weight excluding hydrogens is 287 g/mol. The first kappa shape index (κ1) is 15.8. The molecule has 9 heteroatoms. The minimum Gasteiger partial charge on any atom is -0.353 e. The predicted octanol–water partition coefficient (Wildman–Crippen LogP) is -0.165. The van der Waals surface area contributed by atoms with E-state index >= 15 is 0 Å². The standard InChI is InChI=1S/C12H18F3N5O/c13-12(14,15)10(19-6-3-16-4-7-19)8-17-11(21)9-20-5-1-2-18-20/h1-2,5,10,16H,3-4,6-9H2,(H,17,21). The minimum atomic E-state index is -4.36. The highest BCUT2D eigenvalue weighted by molar-refractivity contribution is 5.75. The van der Waals surface area contributed by atoms with Crippen LogP contribution in [0.1, 0.15) is 0 Å². The molecule has 0 spiro atoms. The van der Waals surface area contributed by atoms with E-state index < -0.39 is 24.7 Å². The van der Waals surface area contributed by atoms with Gasteiger partial charge in [0.25, 0.3) is 0 Å². The van der Waals surface area contributed by atoms with E-state index in [2.05, 4.69) is 15.7 Å². The summed E-state index contributed by atoms with van der Waals surface area (Å²) >= 11 is 0. The van der Waals surface area contributed by atoms with E-state index in [1.54, 1.807) is 12.3 Å². The molecule has 0 aliphatic carbocycles. The lowest BCUT2D eigenvalue weighted by atomic mass is 10.2. The number of nitrogens with zero attached hydrogens (tertiary/aromatic N) is 3. The van der Waals surface area contributed by atoms with E-state index in [-0.39, 0.29) is 6.54 Å². The fraction of sp³-hybridized carbons (Fsp3) is 0.667. The lowest BCUT2D eigenvalue weighted by Crippen LogP contribution is -2.57. The van der Waals surface area contributed by atoms with Crippen molar-refractivity contribution in [1.82, 2.24) is 25.3 Å². The molecule has 2 N–H and O–H groups in total. The van der Waals surface area contributed by atoms with Gasteiger partial charge < -0.3 is 10.6 Å². The summed E-state index contributed by atoms with van der Waals surface area (Å²) in [6, 6.07) is -0.00633. The van der Waals surface area contributed by atoms with Gasteiger partial charge in [-0.15, -0.1) is 0 Å². The summed E-state index contributed by atoms with van der Waals surface area (Å²) in [6.45, 7) is 1.16. The van der Waals surface area contributed by atoms with Crippen LogP contribution in [-0.4, -0.2) is 65.5 Å². The molecule has 1 aromatic rings. The lowest BCUT2D eigenvalue weighted by molar-refractivity contribution is -0.184. The van der Waals surface area contributed by atoms with E-state index in [1.165, 1.54) is 15.8 Å². The summed E-state index contributed by atoms with van der Waals surface area (Å²) in [5.74, 6) is -0.483. The molecule has 2 heterocycles. The van der Waals surface area contributed by atoms with E-state index in [0.29, 0.717) is 26.2 Å². The molecule has 1 aliphatic rings. The van der Waals surface area contributed by atoms with Gasteiger partial charge in [-0.25, -0.2) is 0 Å². The Kier molecular flexibility index (Phi) is 5.18. The summed E-state index contributed by atoms with van der Waals surface area (Å²) in [5.41, 5.74) is 0. The van der Waals surface area contributed by atoms with Crippen molar-refractivity contribution in [2.45, 2.75) is 18.8 Å². The van der Waals surface area contributed by atoms with E-state index in [1.807, 2.05) is 0 Å². The molecule has 0 radical (unpaired) electrons. The third kappa shape index (κ3) is 4.71. The molecule has 2 rings (SSSR count). The number of hydrogen-bond acceptors (Lipinski definition) is 4. The molecule has 1 atom stereocenters. The van der Waals surface area contributed by atoms with Crippen molar-refractivity contribution in [1.29, 1.82) is 0 Å². The van der Waals surface area contributed by atoms with Gasteiger partial charge in [-0.2, -0.15) is 18.3 Å². The molecule has 1 amide bonds. The number of nitrogens with one attached hydrogen (secondary N) is 2. The Labute approximate surface area is 120 Å². The minimum absolute atomic E-state index is 0.0842. The Hall–Kier alpha value is -1.61. The summed E-state index contributed by atoms with van der Waals surface area (Å²) in [7, 11) is 0. The van der Waals surface area contributed by atoms with Gasteiger partial charge in [-0.05, 0) is 6.07 Å². The van der Waals surface area contributed by atoms with Crippen LogP contribution in [0.4, 0.5) is 13.2 Å². The van der Waals surface area contributed by atoms with E-state index in [4.69, 9.17) is 0 Å². The third-order valence-electron chi connectivity index (χ3n) is 3.33. The fourth-order valence-corrected chi connectivity index (χ4v) is 2.25. The van der Waals surface area contributed by atoms with Gasteiger partial charge in [0.15, 0.2) is 0 Å². The number of rotatable bonds is 5. The normalized spacial score (nSPS) is 18.4. The summed E-state index contributed by atoms with van der Waals surface area (Å²) < 4.78 is 40.7. The van der Waals surface area contributed by atoms with Crippen LogP contribution in [0.25, 0.3) is 0 Å². The van der Waals surface area contributed by atoms with Crippen molar-refractivity contribution >= 4 is 5.91 Å². The maximum atomic E-state index is 13.1. The summed E-state index contributed by atoms with van der Waals surface area (Å²) in [5, 5.41) is 9.19. The van der Waals surface area contributed by atoms with Crippen molar-refractivity contribution in [2.24, 2.45) is 0 Å². The highest BCUT2D eigenvalue weighted by Crippen LogP contribution is 2.24. The van der Waals surface area contributed by atoms with E-state index in [9.17, 15) is 18.0 Å². The first-order valence-electron chi connectivity index (χ1n) is 6.72. The number of amides is 1. The quantitative estimate of drug-likeness (QED) is 0.793. The zero-order valence-corrected chi connectivity index (χ0v) is 11.4. The highest BCUT2D eigenvalue weighted by Gasteiger charge is 2.43.